The van der Waals surface area contributed by atoms with E-state index < -0.39 is 118 Å². The number of hydrogen-bond donors (Lipinski definition) is 7. The molecule has 4 heterocycles. The Morgan fingerprint density at radius 3 is 1.42 bits per heavy atom. The summed E-state index contributed by atoms with van der Waals surface area (Å²) >= 11 is 0. The topological polar surface area (TPSA) is 326 Å². The SMILES string of the molecule is O=c1ccn([C@@H]2O[C@H](CO[P+](=O)O[P+](=O)N[P+](=O)O[P+](=O)OC[C@@H]3O[C@H](n4ccc(=O)[nH]c4=O)[C@@H](O)[C@H]3O)[C@@H](O)[C@H]2O)c(=O)[nH]1. The quantitative estimate of drug-likeness (QED) is 0.100. The van der Waals surface area contributed by atoms with Crippen molar-refractivity contribution in [3.05, 3.63) is 66.2 Å². The van der Waals surface area contributed by atoms with Crippen molar-refractivity contribution < 1.29 is 65.8 Å². The van der Waals surface area contributed by atoms with Gasteiger partial charge < -0.3 is 29.9 Å². The summed E-state index contributed by atoms with van der Waals surface area (Å²) in [6, 6.07) is 1.94. The summed E-state index contributed by atoms with van der Waals surface area (Å²) in [4.78, 5) is 51.8. The second kappa shape index (κ2) is 15.3. The molecule has 23 nitrogen and oxygen atoms in total. The second-order valence-corrected chi connectivity index (χ2v) is 13.5. The molecule has 4 unspecified atom stereocenters. The van der Waals surface area contributed by atoms with Crippen LogP contribution in [0.1, 0.15) is 12.5 Å². The third-order valence-electron chi connectivity index (χ3n) is 6.06. The number of hydrogen-bond acceptors (Lipinski definition) is 18. The Bertz CT molecular complexity index is 1570. The van der Waals surface area contributed by atoms with Gasteiger partial charge in [-0.25, -0.2) is 9.59 Å². The summed E-state index contributed by atoms with van der Waals surface area (Å²) in [6.07, 6.45) is -10.2. The lowest BCUT2D eigenvalue weighted by atomic mass is 10.1. The third kappa shape index (κ3) is 8.78. The Labute approximate surface area is 251 Å². The molecule has 2 aliphatic heterocycles. The first-order chi connectivity index (χ1) is 21.2. The summed E-state index contributed by atoms with van der Waals surface area (Å²) in [5.41, 5.74) is -3.33. The number of ether oxygens (including phenoxy) is 2. The van der Waals surface area contributed by atoms with Crippen LogP contribution in [0, 0.1) is 0 Å². The Hall–Kier alpha value is -2.68. The second-order valence-electron chi connectivity index (χ2n) is 8.94. The molecule has 12 atom stereocenters. The molecular formula is C18H23N5O18P4+4. The predicted octanol–water partition coefficient (Wildman–Crippen LogP) is -2.39. The van der Waals surface area contributed by atoms with E-state index in [0.29, 0.717) is 0 Å². The van der Waals surface area contributed by atoms with E-state index in [1.54, 1.807) is 4.86 Å². The average molecular weight is 721 g/mol. The highest BCUT2D eigenvalue weighted by molar-refractivity contribution is 7.60. The number of rotatable bonds is 14. The maximum absolute atomic E-state index is 12.0. The van der Waals surface area contributed by atoms with E-state index in [1.807, 2.05) is 9.97 Å². The summed E-state index contributed by atoms with van der Waals surface area (Å²) in [7, 11) is -13.0. The van der Waals surface area contributed by atoms with Gasteiger partial charge >= 0.3 is 44.2 Å². The molecule has 0 aromatic carbocycles. The Balaban J connectivity index is 1.18. The van der Waals surface area contributed by atoms with Gasteiger partial charge in [0.05, 0.1) is 0 Å². The number of nitrogens with zero attached hydrogens (tertiary/aromatic N) is 2. The molecule has 4 rings (SSSR count). The lowest BCUT2D eigenvalue weighted by molar-refractivity contribution is -0.0516. The number of aromatic amines is 2. The molecule has 0 spiro atoms. The van der Waals surface area contributed by atoms with Crippen molar-refractivity contribution in [2.24, 2.45) is 0 Å². The van der Waals surface area contributed by atoms with Crippen LogP contribution in [0.4, 0.5) is 0 Å². The first-order valence-electron chi connectivity index (χ1n) is 12.2. The molecule has 2 aromatic heterocycles. The number of nitrogens with one attached hydrogen (secondary N) is 3. The van der Waals surface area contributed by atoms with Crippen LogP contribution in [0.2, 0.25) is 0 Å². The zero-order valence-corrected chi connectivity index (χ0v) is 25.6. The number of aliphatic hydroxyl groups excluding tert-OH is 4. The van der Waals surface area contributed by atoms with E-state index in [0.717, 1.165) is 33.7 Å². The molecule has 0 saturated carbocycles. The van der Waals surface area contributed by atoms with Crippen molar-refractivity contribution >= 4 is 32.9 Å². The maximum atomic E-state index is 12.0. The van der Waals surface area contributed by atoms with Crippen LogP contribution in [0.3, 0.4) is 0 Å². The van der Waals surface area contributed by atoms with E-state index in [1.165, 1.54) is 0 Å². The van der Waals surface area contributed by atoms with E-state index in [4.69, 9.17) is 18.5 Å². The highest BCUT2D eigenvalue weighted by Crippen LogP contribution is 2.45. The van der Waals surface area contributed by atoms with E-state index in [2.05, 4.69) is 8.62 Å². The largest absolute Gasteiger partial charge is 0.747 e. The smallest absolute Gasteiger partial charge is 0.387 e. The molecule has 0 radical (unpaired) electrons. The zero-order chi connectivity index (χ0) is 33.0. The molecule has 0 aliphatic carbocycles. The maximum Gasteiger partial charge on any atom is 0.747 e. The van der Waals surface area contributed by atoms with Crippen LogP contribution >= 0.6 is 32.9 Å². The number of H-pyrrole nitrogens is 2. The van der Waals surface area contributed by atoms with Gasteiger partial charge in [-0.2, -0.15) is 0 Å². The van der Waals surface area contributed by atoms with Crippen LogP contribution < -0.4 is 27.4 Å². The molecule has 27 heteroatoms. The van der Waals surface area contributed by atoms with Crippen molar-refractivity contribution in [3.63, 3.8) is 0 Å². The van der Waals surface area contributed by atoms with Crippen molar-refractivity contribution in [1.82, 2.24) is 24.0 Å². The lowest BCUT2D eigenvalue weighted by Gasteiger charge is -2.16. The van der Waals surface area contributed by atoms with Crippen molar-refractivity contribution in [2.75, 3.05) is 13.2 Å². The van der Waals surface area contributed by atoms with Gasteiger partial charge in [-0.1, -0.05) is 0 Å². The molecule has 7 N–H and O–H groups in total. The molecule has 45 heavy (non-hydrogen) atoms. The Morgan fingerprint density at radius 1 is 0.689 bits per heavy atom. The fourth-order valence-electron chi connectivity index (χ4n) is 3.99. The standard InChI is InChI=1S/C18H21N5O18P4/c24-9-1-3-22(17(30)19-9)15-13(28)11(26)7(38-15)5-36-44(34)40-42(32)21-43(33)41-45(35)37-6-8-12(27)14(29)16(39-8)23-4-2-10(25)20-18(23)31/h1-4,7-8,11-16,26-29H,5-6H2,(H-2,19,20,21,24,25,30,31,32,33)/q+2/p+2/t7-,8+,11-,12+,13-,14+,15-,16+. The van der Waals surface area contributed by atoms with Gasteiger partial charge in [0, 0.05) is 42.8 Å². The van der Waals surface area contributed by atoms with Gasteiger partial charge in [0.25, 0.3) is 11.1 Å². The van der Waals surface area contributed by atoms with Gasteiger partial charge in [-0.15, -0.1) is 9.05 Å². The van der Waals surface area contributed by atoms with Crippen LogP contribution in [-0.2, 0) is 45.4 Å². The zero-order valence-electron chi connectivity index (χ0n) is 22.0. The highest BCUT2D eigenvalue weighted by Gasteiger charge is 2.53. The highest BCUT2D eigenvalue weighted by atomic mass is 31.2. The average Bonchev–Trinajstić information content (AvgIpc) is 3.40. The Morgan fingerprint density at radius 2 is 1.07 bits per heavy atom. The van der Waals surface area contributed by atoms with Gasteiger partial charge in [0.2, 0.25) is 0 Å². The molecule has 0 amide bonds. The van der Waals surface area contributed by atoms with Gasteiger partial charge in [0.1, 0.15) is 49.8 Å². The van der Waals surface area contributed by atoms with Crippen molar-refractivity contribution in [1.29, 1.82) is 0 Å². The fourth-order valence-corrected chi connectivity index (χ4v) is 7.35. The summed E-state index contributed by atoms with van der Waals surface area (Å²) < 4.78 is 78.6. The lowest BCUT2D eigenvalue weighted by Crippen LogP contribution is -2.37. The van der Waals surface area contributed by atoms with Crippen molar-refractivity contribution in [2.45, 2.75) is 49.1 Å². The third-order valence-corrected chi connectivity index (χ3v) is 10.3. The van der Waals surface area contributed by atoms with Gasteiger partial charge in [-0.05, 0) is 0 Å². The molecule has 244 valence electrons. The Kier molecular flexibility index (Phi) is 11.9. The van der Waals surface area contributed by atoms with E-state index in [-0.39, 0.29) is 0 Å². The minimum Gasteiger partial charge on any atom is -0.387 e. The minimum atomic E-state index is -3.24. The molecule has 0 bridgehead atoms. The predicted molar refractivity (Wildman–Crippen MR) is 142 cm³/mol. The molecule has 2 fully saturated rings. The molecule has 2 aromatic rings. The molecule has 2 aliphatic rings. The fraction of sp³-hybridized carbons (Fsp3) is 0.556. The number of aliphatic hydroxyl groups is 4. The molecular weight excluding hydrogens is 698 g/mol. The summed E-state index contributed by atoms with van der Waals surface area (Å²) in [5.74, 6) is 0. The normalized spacial score (nSPS) is 29.4. The van der Waals surface area contributed by atoms with Crippen molar-refractivity contribution in [3.8, 4) is 0 Å². The van der Waals surface area contributed by atoms with Crippen LogP contribution in [-0.4, -0.2) is 89.4 Å². The minimum absolute atomic E-state index is 0.713. The van der Waals surface area contributed by atoms with E-state index >= 15 is 0 Å². The summed E-state index contributed by atoms with van der Waals surface area (Å²) in [5, 5.41) is 40.7. The number of aromatic nitrogens is 4. The van der Waals surface area contributed by atoms with Crippen LogP contribution in [0.15, 0.2) is 43.7 Å². The van der Waals surface area contributed by atoms with Crippen LogP contribution in [0.5, 0.6) is 0 Å². The van der Waals surface area contributed by atoms with E-state index in [9.17, 15) is 57.9 Å². The van der Waals surface area contributed by atoms with Crippen LogP contribution in [0.25, 0.3) is 0 Å². The van der Waals surface area contributed by atoms with Gasteiger partial charge in [0.15, 0.2) is 25.9 Å². The first-order valence-corrected chi connectivity index (χ1v) is 16.7. The monoisotopic (exact) mass is 721 g/mol. The van der Waals surface area contributed by atoms with Gasteiger partial charge in [-0.3, -0.25) is 28.7 Å². The molecule has 2 saturated heterocycles. The first kappa shape index (κ1) is 35.2. The summed E-state index contributed by atoms with van der Waals surface area (Å²) in [6.45, 7) is -1.43.